The molecule has 3 rings (SSSR count). The minimum absolute atomic E-state index is 0.196. The monoisotopic (exact) mass is 413 g/mol. The van der Waals surface area contributed by atoms with Gasteiger partial charge in [0.1, 0.15) is 6.54 Å². The average Bonchev–Trinajstić information content (AvgIpc) is 2.71. The molecule has 3 N–H and O–H groups in total. The maximum Gasteiger partial charge on any atom is 0.279 e. The van der Waals surface area contributed by atoms with Crippen LogP contribution < -0.4 is 10.6 Å². The summed E-state index contributed by atoms with van der Waals surface area (Å²) in [7, 11) is 0. The molecule has 3 aromatic rings. The van der Waals surface area contributed by atoms with E-state index in [0.717, 1.165) is 5.56 Å². The summed E-state index contributed by atoms with van der Waals surface area (Å²) in [5.41, 5.74) is 2.29. The van der Waals surface area contributed by atoms with Crippen LogP contribution in [0.25, 0.3) is 0 Å². The fraction of sp³-hybridized carbons (Fsp3) is 0.0909. The van der Waals surface area contributed by atoms with Crippen molar-refractivity contribution >= 4 is 40.6 Å². The minimum atomic E-state index is -0.212. The lowest BCUT2D eigenvalue weighted by Crippen LogP contribution is -2.84. The van der Waals surface area contributed by atoms with Crippen molar-refractivity contribution in [1.29, 1.82) is 0 Å². The lowest BCUT2D eigenvalue weighted by molar-refractivity contribution is -0.659. The third-order valence-corrected chi connectivity index (χ3v) is 4.79. The molecule has 0 aromatic heterocycles. The van der Waals surface area contributed by atoms with Gasteiger partial charge in [0.05, 0.1) is 5.69 Å². The summed E-state index contributed by atoms with van der Waals surface area (Å²) in [6.07, 6.45) is 0. The molecule has 6 heteroatoms. The van der Waals surface area contributed by atoms with Gasteiger partial charge in [-0.25, -0.2) is 0 Å². The van der Waals surface area contributed by atoms with Crippen LogP contribution in [0.1, 0.15) is 21.5 Å². The van der Waals surface area contributed by atoms with Crippen LogP contribution in [0.3, 0.4) is 0 Å². The number of rotatable bonds is 7. The van der Waals surface area contributed by atoms with Crippen molar-refractivity contribution in [2.75, 3.05) is 11.9 Å². The van der Waals surface area contributed by atoms with Crippen LogP contribution in [0.15, 0.2) is 72.8 Å². The van der Waals surface area contributed by atoms with Crippen LogP contribution in [0.4, 0.5) is 5.69 Å². The topological polar surface area (TPSA) is 62.8 Å². The van der Waals surface area contributed by atoms with Gasteiger partial charge in [0, 0.05) is 26.7 Å². The van der Waals surface area contributed by atoms with Crippen LogP contribution in [0.2, 0.25) is 10.0 Å². The first kappa shape index (κ1) is 20.1. The zero-order valence-electron chi connectivity index (χ0n) is 15.0. The smallest absolute Gasteiger partial charge is 0.279 e. The zero-order chi connectivity index (χ0) is 19.9. The average molecular weight is 414 g/mol. The summed E-state index contributed by atoms with van der Waals surface area (Å²) in [4.78, 5) is 25.2. The number of benzene rings is 3. The van der Waals surface area contributed by atoms with E-state index in [1.165, 1.54) is 0 Å². The second-order valence-electron chi connectivity index (χ2n) is 6.22. The molecule has 3 aromatic carbocycles. The predicted octanol–water partition coefficient (Wildman–Crippen LogP) is 3.93. The molecule has 0 aliphatic heterocycles. The fourth-order valence-corrected chi connectivity index (χ4v) is 3.17. The fourth-order valence-electron chi connectivity index (χ4n) is 2.78. The molecular weight excluding hydrogens is 395 g/mol. The van der Waals surface area contributed by atoms with Gasteiger partial charge in [-0.05, 0) is 24.3 Å². The Morgan fingerprint density at radius 3 is 2.36 bits per heavy atom. The molecule has 0 saturated carbocycles. The molecule has 28 heavy (non-hydrogen) atoms. The van der Waals surface area contributed by atoms with E-state index in [1.54, 1.807) is 42.5 Å². The minimum Gasteiger partial charge on any atom is -0.335 e. The van der Waals surface area contributed by atoms with Crippen LogP contribution in [0, 0.1) is 0 Å². The highest BCUT2D eigenvalue weighted by molar-refractivity contribution is 6.31. The number of halogens is 2. The normalized spacial score (nSPS) is 10.5. The molecule has 0 bridgehead atoms. The Morgan fingerprint density at radius 1 is 0.893 bits per heavy atom. The van der Waals surface area contributed by atoms with Crippen LogP contribution in [0.5, 0.6) is 0 Å². The van der Waals surface area contributed by atoms with E-state index in [1.807, 2.05) is 35.6 Å². The molecule has 0 saturated heterocycles. The Balaban J connectivity index is 1.67. The molecule has 0 spiro atoms. The summed E-state index contributed by atoms with van der Waals surface area (Å²) in [6, 6.07) is 21.3. The number of quaternary nitrogens is 1. The largest absolute Gasteiger partial charge is 0.335 e. The van der Waals surface area contributed by atoms with Crippen LogP contribution in [-0.2, 0) is 11.3 Å². The number of hydrogen-bond donors (Lipinski definition) is 2. The van der Waals surface area contributed by atoms with Crippen LogP contribution >= 0.6 is 23.2 Å². The molecule has 1 amide bonds. The van der Waals surface area contributed by atoms with Crippen molar-refractivity contribution in [3.05, 3.63) is 99.5 Å². The van der Waals surface area contributed by atoms with E-state index in [2.05, 4.69) is 5.32 Å². The van der Waals surface area contributed by atoms with Crippen molar-refractivity contribution in [1.82, 2.24) is 0 Å². The van der Waals surface area contributed by atoms with Gasteiger partial charge in [-0.1, -0.05) is 71.7 Å². The highest BCUT2D eigenvalue weighted by Crippen LogP contribution is 2.23. The van der Waals surface area contributed by atoms with E-state index in [-0.39, 0.29) is 18.2 Å². The lowest BCUT2D eigenvalue weighted by Gasteiger charge is -2.11. The van der Waals surface area contributed by atoms with E-state index in [4.69, 9.17) is 23.2 Å². The first-order valence-corrected chi connectivity index (χ1v) is 9.54. The van der Waals surface area contributed by atoms with E-state index >= 15 is 0 Å². The van der Waals surface area contributed by atoms with Gasteiger partial charge in [0.25, 0.3) is 5.91 Å². The maximum atomic E-state index is 12.8. The molecule has 142 valence electrons. The SMILES string of the molecule is O=C(C[NH2+]Cc1ccccc1Cl)Nc1ccc(Cl)cc1C(=O)c1ccccc1. The van der Waals surface area contributed by atoms with Gasteiger partial charge in [-0.15, -0.1) is 0 Å². The summed E-state index contributed by atoms with van der Waals surface area (Å²) in [5, 5.41) is 5.77. The molecule has 0 unspecified atom stereocenters. The third-order valence-electron chi connectivity index (χ3n) is 4.19. The molecule has 0 aliphatic carbocycles. The second-order valence-corrected chi connectivity index (χ2v) is 7.07. The summed E-state index contributed by atoms with van der Waals surface area (Å²) >= 11 is 12.2. The Morgan fingerprint density at radius 2 is 1.61 bits per heavy atom. The summed E-state index contributed by atoms with van der Waals surface area (Å²) in [5.74, 6) is -0.407. The first-order valence-electron chi connectivity index (χ1n) is 8.79. The van der Waals surface area contributed by atoms with Gasteiger partial charge in [-0.2, -0.15) is 0 Å². The lowest BCUT2D eigenvalue weighted by atomic mass is 10.0. The van der Waals surface area contributed by atoms with Crippen molar-refractivity contribution in [2.45, 2.75) is 6.54 Å². The van der Waals surface area contributed by atoms with E-state index in [9.17, 15) is 9.59 Å². The molecule has 0 radical (unpaired) electrons. The first-order chi connectivity index (χ1) is 13.5. The second kappa shape index (κ2) is 9.51. The summed E-state index contributed by atoms with van der Waals surface area (Å²) in [6.45, 7) is 0.788. The third kappa shape index (κ3) is 5.20. The molecular formula is C22H19Cl2N2O2+. The Hall–Kier alpha value is -2.66. The molecule has 4 nitrogen and oxygen atoms in total. The number of nitrogens with two attached hydrogens (primary N) is 1. The molecule has 0 heterocycles. The highest BCUT2D eigenvalue weighted by Gasteiger charge is 2.16. The number of carbonyl (C=O) groups is 2. The van der Waals surface area contributed by atoms with Crippen molar-refractivity contribution in [3.63, 3.8) is 0 Å². The molecule has 0 aliphatic rings. The highest BCUT2D eigenvalue weighted by atomic mass is 35.5. The van der Waals surface area contributed by atoms with Gasteiger partial charge >= 0.3 is 0 Å². The van der Waals surface area contributed by atoms with Crippen molar-refractivity contribution in [2.24, 2.45) is 0 Å². The number of hydrogen-bond acceptors (Lipinski definition) is 2. The number of amides is 1. The van der Waals surface area contributed by atoms with Gasteiger partial charge in [-0.3, -0.25) is 9.59 Å². The van der Waals surface area contributed by atoms with Gasteiger partial charge < -0.3 is 10.6 Å². The standard InChI is InChI=1S/C22H18Cl2N2O2/c23-17-10-11-20(18(12-17)22(28)15-6-2-1-3-7-15)26-21(27)14-25-13-16-8-4-5-9-19(16)24/h1-12,25H,13-14H2,(H,26,27)/p+1. The van der Waals surface area contributed by atoms with Gasteiger partial charge in [0.2, 0.25) is 0 Å². The van der Waals surface area contributed by atoms with Gasteiger partial charge in [0.15, 0.2) is 12.3 Å². The molecule has 0 fully saturated rings. The number of ketones is 1. The number of carbonyl (C=O) groups excluding carboxylic acids is 2. The zero-order valence-corrected chi connectivity index (χ0v) is 16.5. The van der Waals surface area contributed by atoms with Crippen molar-refractivity contribution < 1.29 is 14.9 Å². The van der Waals surface area contributed by atoms with E-state index in [0.29, 0.717) is 33.4 Å². The maximum absolute atomic E-state index is 12.8. The van der Waals surface area contributed by atoms with Crippen LogP contribution in [-0.4, -0.2) is 18.2 Å². The summed E-state index contributed by atoms with van der Waals surface area (Å²) < 4.78 is 0. The quantitative estimate of drug-likeness (QED) is 0.576. The Kier molecular flexibility index (Phi) is 6.82. The Labute approximate surface area is 173 Å². The number of nitrogens with one attached hydrogen (secondary N) is 1. The number of anilines is 1. The predicted molar refractivity (Wildman–Crippen MR) is 112 cm³/mol. The molecule has 0 atom stereocenters. The Bertz CT molecular complexity index is 991. The van der Waals surface area contributed by atoms with E-state index < -0.39 is 0 Å². The van der Waals surface area contributed by atoms with Crippen molar-refractivity contribution in [3.8, 4) is 0 Å².